The van der Waals surface area contributed by atoms with Crippen LogP contribution in [0.2, 0.25) is 0 Å². The summed E-state index contributed by atoms with van der Waals surface area (Å²) in [7, 11) is 0. The Morgan fingerprint density at radius 3 is 2.12 bits per heavy atom. The van der Waals surface area contributed by atoms with E-state index in [2.05, 4.69) is 4.74 Å². The van der Waals surface area contributed by atoms with Gasteiger partial charge in [-0.25, -0.2) is 5.84 Å². The van der Waals surface area contributed by atoms with Gasteiger partial charge in [0.2, 0.25) is 0 Å². The second-order valence-electron chi connectivity index (χ2n) is 2.87. The Bertz CT molecular complexity index is 428. The number of rotatable bonds is 3. The smallest absolute Gasteiger partial charge is 0.406 e. The number of benzene rings is 1. The number of carbonyl (C=O) groups is 2. The van der Waals surface area contributed by atoms with E-state index in [0.717, 1.165) is 24.3 Å². The minimum absolute atomic E-state index is 0.0949. The number of halogens is 3. The molecule has 92 valence electrons. The van der Waals surface area contributed by atoms with Crippen molar-refractivity contribution in [3.05, 3.63) is 29.8 Å². The molecule has 8 heteroatoms. The van der Waals surface area contributed by atoms with Crippen LogP contribution in [0.4, 0.5) is 13.2 Å². The van der Waals surface area contributed by atoms with Gasteiger partial charge in [-0.3, -0.25) is 15.0 Å². The maximum Gasteiger partial charge on any atom is 0.573 e. The van der Waals surface area contributed by atoms with E-state index in [1.807, 2.05) is 0 Å². The van der Waals surface area contributed by atoms with Crippen molar-refractivity contribution in [2.24, 2.45) is 5.84 Å². The third kappa shape index (κ3) is 3.76. The molecule has 1 amide bonds. The molecule has 17 heavy (non-hydrogen) atoms. The van der Waals surface area contributed by atoms with E-state index < -0.39 is 23.8 Å². The summed E-state index contributed by atoms with van der Waals surface area (Å²) >= 11 is 0. The van der Waals surface area contributed by atoms with E-state index >= 15 is 0 Å². The molecule has 0 aromatic heterocycles. The van der Waals surface area contributed by atoms with Crippen LogP contribution >= 0.6 is 0 Å². The summed E-state index contributed by atoms with van der Waals surface area (Å²) in [5.74, 6) is 2.23. The fourth-order valence-electron chi connectivity index (χ4n) is 1.00. The van der Waals surface area contributed by atoms with Gasteiger partial charge >= 0.3 is 12.3 Å². The fourth-order valence-corrected chi connectivity index (χ4v) is 1.00. The minimum Gasteiger partial charge on any atom is -0.406 e. The zero-order chi connectivity index (χ0) is 13.1. The molecular formula is C9H7F3N2O3. The maximum atomic E-state index is 11.8. The Morgan fingerprint density at radius 2 is 1.71 bits per heavy atom. The lowest BCUT2D eigenvalue weighted by atomic mass is 10.1. The molecule has 1 aromatic rings. The first-order valence-electron chi connectivity index (χ1n) is 4.24. The zero-order valence-electron chi connectivity index (χ0n) is 8.25. The van der Waals surface area contributed by atoms with Gasteiger partial charge in [-0.05, 0) is 24.3 Å². The van der Waals surface area contributed by atoms with E-state index in [-0.39, 0.29) is 5.56 Å². The molecule has 0 spiro atoms. The first kappa shape index (κ1) is 13.0. The average molecular weight is 248 g/mol. The Balaban J connectivity index is 2.82. The van der Waals surface area contributed by atoms with Crippen molar-refractivity contribution < 1.29 is 27.5 Å². The normalized spacial score (nSPS) is 10.8. The Labute approximate surface area is 93.3 Å². The van der Waals surface area contributed by atoms with Gasteiger partial charge in [0.25, 0.3) is 5.78 Å². The summed E-state index contributed by atoms with van der Waals surface area (Å²) in [6.07, 6.45) is -4.81. The van der Waals surface area contributed by atoms with Crippen LogP contribution < -0.4 is 16.0 Å². The standard InChI is InChI=1S/C9H7F3N2O3/c10-9(11,12)17-6-3-1-5(2-4-6)7(15)8(16)14-13/h1-4H,13H2,(H,14,16). The molecule has 0 aliphatic heterocycles. The van der Waals surface area contributed by atoms with E-state index in [1.54, 1.807) is 5.43 Å². The molecule has 0 bridgehead atoms. The number of ether oxygens (including phenoxy) is 1. The van der Waals surface area contributed by atoms with E-state index in [4.69, 9.17) is 5.84 Å². The minimum atomic E-state index is -4.81. The number of Topliss-reactive ketones (excluding diaryl/α,β-unsaturated/α-hetero) is 1. The highest BCUT2D eigenvalue weighted by atomic mass is 19.4. The molecule has 3 N–H and O–H groups in total. The Kier molecular flexibility index (Phi) is 3.69. The van der Waals surface area contributed by atoms with Gasteiger partial charge in [-0.2, -0.15) is 0 Å². The van der Waals surface area contributed by atoms with Crippen LogP contribution in [0, 0.1) is 0 Å². The van der Waals surface area contributed by atoms with Gasteiger partial charge in [0.1, 0.15) is 5.75 Å². The van der Waals surface area contributed by atoms with Gasteiger partial charge in [0.15, 0.2) is 0 Å². The maximum absolute atomic E-state index is 11.8. The molecule has 5 nitrogen and oxygen atoms in total. The van der Waals surface area contributed by atoms with Crippen molar-refractivity contribution >= 4 is 11.7 Å². The fraction of sp³-hybridized carbons (Fsp3) is 0.111. The molecule has 0 fully saturated rings. The van der Waals surface area contributed by atoms with Crippen molar-refractivity contribution in [1.29, 1.82) is 0 Å². The third-order valence-corrected chi connectivity index (χ3v) is 1.69. The lowest BCUT2D eigenvalue weighted by Gasteiger charge is -2.08. The van der Waals surface area contributed by atoms with Crippen molar-refractivity contribution in [3.8, 4) is 5.75 Å². The summed E-state index contributed by atoms with van der Waals surface area (Å²) in [6, 6.07) is 3.90. The molecule has 1 rings (SSSR count). The van der Waals surface area contributed by atoms with Crippen LogP contribution in [-0.4, -0.2) is 18.1 Å². The van der Waals surface area contributed by atoms with Gasteiger partial charge in [0.05, 0.1) is 0 Å². The number of hydrogen-bond acceptors (Lipinski definition) is 4. The number of ketones is 1. The van der Waals surface area contributed by atoms with Crippen molar-refractivity contribution in [2.75, 3.05) is 0 Å². The summed E-state index contributed by atoms with van der Waals surface area (Å²) in [6.45, 7) is 0. The molecule has 0 saturated heterocycles. The average Bonchev–Trinajstić information content (AvgIpc) is 2.26. The molecule has 1 aromatic carbocycles. The van der Waals surface area contributed by atoms with Crippen molar-refractivity contribution in [1.82, 2.24) is 5.43 Å². The quantitative estimate of drug-likeness (QED) is 0.272. The van der Waals surface area contributed by atoms with Gasteiger partial charge in [-0.15, -0.1) is 13.2 Å². The molecular weight excluding hydrogens is 241 g/mol. The van der Waals surface area contributed by atoms with Gasteiger partial charge < -0.3 is 4.74 Å². The van der Waals surface area contributed by atoms with Crippen LogP contribution in [0.3, 0.4) is 0 Å². The highest BCUT2D eigenvalue weighted by Gasteiger charge is 2.31. The molecule has 0 atom stereocenters. The highest BCUT2D eigenvalue weighted by Crippen LogP contribution is 2.22. The lowest BCUT2D eigenvalue weighted by molar-refractivity contribution is -0.274. The SMILES string of the molecule is NNC(=O)C(=O)c1ccc(OC(F)(F)F)cc1. The zero-order valence-corrected chi connectivity index (χ0v) is 8.25. The summed E-state index contributed by atoms with van der Waals surface area (Å²) in [5, 5.41) is 0. The Morgan fingerprint density at radius 1 is 1.18 bits per heavy atom. The first-order valence-corrected chi connectivity index (χ1v) is 4.24. The number of nitrogens with one attached hydrogen (secondary N) is 1. The van der Waals surface area contributed by atoms with Crippen LogP contribution in [0.15, 0.2) is 24.3 Å². The van der Waals surface area contributed by atoms with Crippen LogP contribution in [0.1, 0.15) is 10.4 Å². The number of hydrogen-bond donors (Lipinski definition) is 2. The first-order chi connectivity index (χ1) is 7.83. The molecule has 0 unspecified atom stereocenters. The number of amides is 1. The Hall–Kier alpha value is -2.09. The van der Waals surface area contributed by atoms with Crippen LogP contribution in [-0.2, 0) is 4.79 Å². The predicted octanol–water partition coefficient (Wildman–Crippen LogP) is 0.758. The number of alkyl halides is 3. The van der Waals surface area contributed by atoms with Crippen molar-refractivity contribution in [2.45, 2.75) is 6.36 Å². The summed E-state index contributed by atoms with van der Waals surface area (Å²) < 4.78 is 39.0. The topological polar surface area (TPSA) is 81.4 Å². The largest absolute Gasteiger partial charge is 0.573 e. The summed E-state index contributed by atoms with van der Waals surface area (Å²) in [4.78, 5) is 22.0. The van der Waals surface area contributed by atoms with E-state index in [9.17, 15) is 22.8 Å². The van der Waals surface area contributed by atoms with Crippen LogP contribution in [0.25, 0.3) is 0 Å². The second kappa shape index (κ2) is 4.83. The number of carbonyl (C=O) groups excluding carboxylic acids is 2. The highest BCUT2D eigenvalue weighted by molar-refractivity contribution is 6.42. The van der Waals surface area contributed by atoms with Crippen molar-refractivity contribution in [3.63, 3.8) is 0 Å². The van der Waals surface area contributed by atoms with Gasteiger partial charge in [0, 0.05) is 5.56 Å². The van der Waals surface area contributed by atoms with E-state index in [0.29, 0.717) is 0 Å². The lowest BCUT2D eigenvalue weighted by Crippen LogP contribution is -2.36. The van der Waals surface area contributed by atoms with E-state index in [1.165, 1.54) is 0 Å². The second-order valence-corrected chi connectivity index (χ2v) is 2.87. The van der Waals surface area contributed by atoms with Gasteiger partial charge in [-0.1, -0.05) is 0 Å². The number of hydrazine groups is 1. The molecule has 0 aliphatic carbocycles. The monoisotopic (exact) mass is 248 g/mol. The predicted molar refractivity (Wildman–Crippen MR) is 49.8 cm³/mol. The van der Waals surface area contributed by atoms with Crippen LogP contribution in [0.5, 0.6) is 5.75 Å². The molecule has 0 radical (unpaired) electrons. The molecule has 0 aliphatic rings. The number of nitrogens with two attached hydrogens (primary N) is 1. The summed E-state index contributed by atoms with van der Waals surface area (Å²) in [5.41, 5.74) is 1.52. The third-order valence-electron chi connectivity index (χ3n) is 1.69. The molecule has 0 saturated carbocycles. The molecule has 0 heterocycles.